The fourth-order valence-corrected chi connectivity index (χ4v) is 3.76. The molecule has 7 nitrogen and oxygen atoms in total. The number of hydrogen-bond donors (Lipinski definition) is 2. The smallest absolute Gasteiger partial charge is 0.339 e. The van der Waals surface area contributed by atoms with Crippen molar-refractivity contribution in [1.29, 1.82) is 0 Å². The van der Waals surface area contributed by atoms with Gasteiger partial charge in [0.15, 0.2) is 5.60 Å². The van der Waals surface area contributed by atoms with E-state index in [1.165, 1.54) is 18.1 Å². The molecule has 0 spiro atoms. The zero-order valence-corrected chi connectivity index (χ0v) is 16.7. The minimum absolute atomic E-state index is 0.201. The summed E-state index contributed by atoms with van der Waals surface area (Å²) in [5, 5.41) is 14.1. The third-order valence-electron chi connectivity index (χ3n) is 5.24. The van der Waals surface area contributed by atoms with Gasteiger partial charge in [-0.3, -0.25) is 14.5 Å². The lowest BCUT2D eigenvalue weighted by atomic mass is 9.88. The summed E-state index contributed by atoms with van der Waals surface area (Å²) in [6, 6.07) is 21.9. The van der Waals surface area contributed by atoms with Crippen molar-refractivity contribution in [2.24, 2.45) is 0 Å². The summed E-state index contributed by atoms with van der Waals surface area (Å²) in [6.07, 6.45) is 0. The van der Waals surface area contributed by atoms with E-state index < -0.39 is 23.4 Å². The number of nitrogens with zero attached hydrogens (tertiary/aromatic N) is 1. The molecule has 31 heavy (non-hydrogen) atoms. The summed E-state index contributed by atoms with van der Waals surface area (Å²) in [5.74, 6) is -1.72. The Morgan fingerprint density at radius 2 is 1.61 bits per heavy atom. The Morgan fingerprint density at radius 1 is 0.968 bits per heavy atom. The first-order valence-corrected chi connectivity index (χ1v) is 9.63. The average Bonchev–Trinajstić information content (AvgIpc) is 3.02. The largest absolute Gasteiger partial charge is 0.465 e. The summed E-state index contributed by atoms with van der Waals surface area (Å²) in [5.41, 5.74) is -0.122. The SMILES string of the molecule is COC(=O)c1ccccc1NC(=O)CN1C(=O)C(O)(c2ccccc2)c2ccccc21. The van der Waals surface area contributed by atoms with Crippen LogP contribution in [0.15, 0.2) is 78.9 Å². The quantitative estimate of drug-likeness (QED) is 0.624. The number of methoxy groups -OCH3 is 1. The Kier molecular flexibility index (Phi) is 5.27. The van der Waals surface area contributed by atoms with E-state index in [1.807, 2.05) is 0 Å². The van der Waals surface area contributed by atoms with E-state index in [2.05, 4.69) is 5.32 Å². The van der Waals surface area contributed by atoms with Crippen LogP contribution in [0.4, 0.5) is 11.4 Å². The molecule has 4 rings (SSSR count). The van der Waals surface area contributed by atoms with Crippen LogP contribution in [-0.4, -0.2) is 36.5 Å². The van der Waals surface area contributed by atoms with Crippen LogP contribution in [0.2, 0.25) is 0 Å². The summed E-state index contributed by atoms with van der Waals surface area (Å²) in [7, 11) is 1.26. The average molecular weight is 416 g/mol. The van der Waals surface area contributed by atoms with Gasteiger partial charge in [-0.2, -0.15) is 0 Å². The zero-order chi connectivity index (χ0) is 22.0. The minimum Gasteiger partial charge on any atom is -0.465 e. The van der Waals surface area contributed by atoms with Crippen LogP contribution in [0.25, 0.3) is 0 Å². The van der Waals surface area contributed by atoms with Crippen molar-refractivity contribution in [3.8, 4) is 0 Å². The van der Waals surface area contributed by atoms with Crippen molar-refractivity contribution >= 4 is 29.2 Å². The molecule has 0 aliphatic carbocycles. The maximum Gasteiger partial charge on any atom is 0.339 e. The number of amides is 2. The molecule has 156 valence electrons. The number of esters is 1. The summed E-state index contributed by atoms with van der Waals surface area (Å²) in [6.45, 7) is -0.333. The summed E-state index contributed by atoms with van der Waals surface area (Å²) in [4.78, 5) is 39.3. The van der Waals surface area contributed by atoms with Crippen LogP contribution in [0, 0.1) is 0 Å². The number of carbonyl (C=O) groups is 3. The standard InChI is InChI=1S/C24H20N2O5/c1-31-22(28)17-11-5-7-13-19(17)25-21(27)15-26-20-14-8-6-12-18(20)24(30,23(26)29)16-9-3-2-4-10-16/h2-14,30H,15H2,1H3,(H,25,27). The maximum absolute atomic E-state index is 13.3. The lowest BCUT2D eigenvalue weighted by molar-refractivity contribution is -0.133. The topological polar surface area (TPSA) is 95.9 Å². The zero-order valence-electron chi connectivity index (χ0n) is 16.7. The van der Waals surface area contributed by atoms with E-state index in [0.29, 0.717) is 16.8 Å². The number of para-hydroxylation sites is 2. The highest BCUT2D eigenvalue weighted by Crippen LogP contribution is 2.44. The van der Waals surface area contributed by atoms with Gasteiger partial charge in [-0.25, -0.2) is 4.79 Å². The molecule has 3 aromatic carbocycles. The molecular weight excluding hydrogens is 396 g/mol. The Balaban J connectivity index is 1.64. The van der Waals surface area contributed by atoms with Gasteiger partial charge in [0.25, 0.3) is 5.91 Å². The molecule has 1 aliphatic rings. The van der Waals surface area contributed by atoms with E-state index in [4.69, 9.17) is 4.74 Å². The second-order valence-electron chi connectivity index (χ2n) is 7.07. The van der Waals surface area contributed by atoms with E-state index in [0.717, 1.165) is 0 Å². The van der Waals surface area contributed by atoms with Gasteiger partial charge in [0.2, 0.25) is 5.91 Å². The van der Waals surface area contributed by atoms with Gasteiger partial charge in [-0.1, -0.05) is 60.7 Å². The van der Waals surface area contributed by atoms with E-state index >= 15 is 0 Å². The maximum atomic E-state index is 13.3. The molecule has 0 aromatic heterocycles. The van der Waals surface area contributed by atoms with Crippen molar-refractivity contribution < 1.29 is 24.2 Å². The number of aliphatic hydroxyl groups is 1. The number of nitrogens with one attached hydrogen (secondary N) is 1. The molecule has 1 aliphatic heterocycles. The molecule has 0 radical (unpaired) electrons. The van der Waals surface area contributed by atoms with Gasteiger partial charge in [-0.15, -0.1) is 0 Å². The summed E-state index contributed by atoms with van der Waals surface area (Å²) < 4.78 is 4.74. The first-order chi connectivity index (χ1) is 15.0. The normalized spacial score (nSPS) is 17.2. The van der Waals surface area contributed by atoms with Crippen LogP contribution in [0.1, 0.15) is 21.5 Å². The van der Waals surface area contributed by atoms with Crippen LogP contribution in [0.3, 0.4) is 0 Å². The molecule has 1 atom stereocenters. The van der Waals surface area contributed by atoms with Gasteiger partial charge >= 0.3 is 5.97 Å². The fourth-order valence-electron chi connectivity index (χ4n) is 3.76. The first-order valence-electron chi connectivity index (χ1n) is 9.63. The van der Waals surface area contributed by atoms with Crippen LogP contribution in [0.5, 0.6) is 0 Å². The van der Waals surface area contributed by atoms with Gasteiger partial charge in [0, 0.05) is 5.56 Å². The van der Waals surface area contributed by atoms with Gasteiger partial charge < -0.3 is 15.2 Å². The van der Waals surface area contributed by atoms with Crippen LogP contribution < -0.4 is 10.2 Å². The Bertz CT molecular complexity index is 1160. The number of rotatable bonds is 5. The molecule has 7 heteroatoms. The Hall–Kier alpha value is -3.97. The molecular formula is C24H20N2O5. The molecule has 1 heterocycles. The Morgan fingerprint density at radius 3 is 2.35 bits per heavy atom. The number of carbonyl (C=O) groups excluding carboxylic acids is 3. The van der Waals surface area contributed by atoms with Gasteiger partial charge in [0.1, 0.15) is 6.54 Å². The van der Waals surface area contributed by atoms with Crippen LogP contribution >= 0.6 is 0 Å². The van der Waals surface area contributed by atoms with Crippen molar-refractivity contribution in [3.63, 3.8) is 0 Å². The molecule has 0 fully saturated rings. The molecule has 2 N–H and O–H groups in total. The predicted molar refractivity (Wildman–Crippen MR) is 115 cm³/mol. The van der Waals surface area contributed by atoms with Gasteiger partial charge in [-0.05, 0) is 23.8 Å². The van der Waals surface area contributed by atoms with Crippen molar-refractivity contribution in [1.82, 2.24) is 0 Å². The van der Waals surface area contributed by atoms with E-state index in [-0.39, 0.29) is 17.8 Å². The second kappa shape index (κ2) is 8.04. The third-order valence-corrected chi connectivity index (χ3v) is 5.24. The molecule has 0 saturated carbocycles. The fraction of sp³-hybridized carbons (Fsp3) is 0.125. The number of benzene rings is 3. The monoisotopic (exact) mass is 416 g/mol. The number of fused-ring (bicyclic) bond motifs is 1. The number of ether oxygens (including phenoxy) is 1. The third kappa shape index (κ3) is 3.45. The van der Waals surface area contributed by atoms with E-state index in [1.54, 1.807) is 72.8 Å². The van der Waals surface area contributed by atoms with Crippen molar-refractivity contribution in [2.75, 3.05) is 23.9 Å². The highest BCUT2D eigenvalue weighted by molar-refractivity contribution is 6.13. The highest BCUT2D eigenvalue weighted by Gasteiger charge is 2.51. The van der Waals surface area contributed by atoms with Gasteiger partial charge in [0.05, 0.1) is 24.0 Å². The second-order valence-corrected chi connectivity index (χ2v) is 7.07. The number of anilines is 2. The molecule has 1 unspecified atom stereocenters. The Labute approximate surface area is 178 Å². The lowest BCUT2D eigenvalue weighted by Gasteiger charge is -2.23. The molecule has 2 amide bonds. The van der Waals surface area contributed by atoms with E-state index in [9.17, 15) is 19.5 Å². The van der Waals surface area contributed by atoms with Crippen molar-refractivity contribution in [3.05, 3.63) is 95.6 Å². The summed E-state index contributed by atoms with van der Waals surface area (Å²) >= 11 is 0. The lowest BCUT2D eigenvalue weighted by Crippen LogP contribution is -2.44. The molecule has 3 aromatic rings. The highest BCUT2D eigenvalue weighted by atomic mass is 16.5. The van der Waals surface area contributed by atoms with Crippen molar-refractivity contribution in [2.45, 2.75) is 5.60 Å². The van der Waals surface area contributed by atoms with Crippen LogP contribution in [-0.2, 0) is 19.9 Å². The molecule has 0 bridgehead atoms. The first kappa shape index (κ1) is 20.3. The molecule has 0 saturated heterocycles. The number of hydrogen-bond acceptors (Lipinski definition) is 5. The minimum atomic E-state index is -1.89. The predicted octanol–water partition coefficient (Wildman–Crippen LogP) is 2.69.